The van der Waals surface area contributed by atoms with E-state index in [-0.39, 0.29) is 0 Å². The molecular formula is C16H19BrO3. The number of carbonyl (C=O) groups is 1. The number of hydrogen-bond donors (Lipinski definition) is 1. The Balaban J connectivity index is 1.96. The zero-order valence-corrected chi connectivity index (χ0v) is 13.1. The van der Waals surface area contributed by atoms with Gasteiger partial charge in [0.15, 0.2) is 0 Å². The maximum absolute atomic E-state index is 11.9. The van der Waals surface area contributed by atoms with Crippen LogP contribution in [0, 0.1) is 17.3 Å². The number of ether oxygens (including phenoxy) is 1. The Bertz CT molecular complexity index is 543. The normalized spacial score (nSPS) is 31.5. The minimum atomic E-state index is -0.633. The molecule has 2 bridgehead atoms. The van der Waals surface area contributed by atoms with E-state index in [0.29, 0.717) is 18.3 Å². The molecular weight excluding hydrogens is 320 g/mol. The molecule has 2 aliphatic carbocycles. The second kappa shape index (κ2) is 5.06. The highest BCUT2D eigenvalue weighted by Gasteiger charge is 2.55. The van der Waals surface area contributed by atoms with Gasteiger partial charge in [0, 0.05) is 4.47 Å². The molecule has 0 amide bonds. The number of rotatable bonds is 4. The quantitative estimate of drug-likeness (QED) is 0.905. The summed E-state index contributed by atoms with van der Waals surface area (Å²) in [6, 6.07) is 5.83. The van der Waals surface area contributed by atoms with Crippen molar-refractivity contribution in [2.45, 2.75) is 32.1 Å². The van der Waals surface area contributed by atoms with Crippen LogP contribution in [0.2, 0.25) is 0 Å². The molecule has 0 heterocycles. The molecule has 2 aliphatic rings. The van der Waals surface area contributed by atoms with Crippen molar-refractivity contribution in [3.8, 4) is 5.75 Å². The lowest BCUT2D eigenvalue weighted by molar-refractivity contribution is -0.152. The Morgan fingerprint density at radius 2 is 2.30 bits per heavy atom. The average molecular weight is 339 g/mol. The number of aliphatic carboxylic acids is 1. The Kier molecular flexibility index (Phi) is 3.53. The van der Waals surface area contributed by atoms with E-state index in [0.717, 1.165) is 35.0 Å². The topological polar surface area (TPSA) is 46.5 Å². The lowest BCUT2D eigenvalue weighted by Gasteiger charge is -2.34. The SMILES string of the molecule is COc1ccc(Br)cc1CC1(C(=O)O)CC2CCC1C2. The predicted molar refractivity (Wildman–Crippen MR) is 79.9 cm³/mol. The van der Waals surface area contributed by atoms with Crippen LogP contribution in [0.3, 0.4) is 0 Å². The van der Waals surface area contributed by atoms with Crippen LogP contribution < -0.4 is 4.74 Å². The third-order valence-electron chi connectivity index (χ3n) is 5.15. The Morgan fingerprint density at radius 3 is 2.85 bits per heavy atom. The summed E-state index contributed by atoms with van der Waals surface area (Å²) in [5.74, 6) is 1.09. The highest BCUT2D eigenvalue weighted by atomic mass is 79.9. The number of benzene rings is 1. The summed E-state index contributed by atoms with van der Waals surface area (Å²) in [7, 11) is 1.64. The van der Waals surface area contributed by atoms with E-state index in [9.17, 15) is 9.90 Å². The summed E-state index contributed by atoms with van der Waals surface area (Å²) < 4.78 is 6.37. The third kappa shape index (κ3) is 2.14. The molecule has 2 saturated carbocycles. The van der Waals surface area contributed by atoms with Crippen molar-refractivity contribution in [3.05, 3.63) is 28.2 Å². The van der Waals surface area contributed by atoms with Crippen molar-refractivity contribution in [1.82, 2.24) is 0 Å². The Labute approximate surface area is 127 Å². The lowest BCUT2D eigenvalue weighted by atomic mass is 9.69. The summed E-state index contributed by atoms with van der Waals surface area (Å²) in [6.45, 7) is 0. The number of carboxylic acid groups (broad SMARTS) is 1. The summed E-state index contributed by atoms with van der Waals surface area (Å²) in [6.07, 6.45) is 4.75. The lowest BCUT2D eigenvalue weighted by Crippen LogP contribution is -2.38. The maximum Gasteiger partial charge on any atom is 0.310 e. The molecule has 1 aromatic rings. The minimum Gasteiger partial charge on any atom is -0.496 e. The zero-order valence-electron chi connectivity index (χ0n) is 11.6. The second-order valence-electron chi connectivity index (χ2n) is 6.17. The van der Waals surface area contributed by atoms with Crippen LogP contribution in [-0.2, 0) is 11.2 Å². The van der Waals surface area contributed by atoms with Gasteiger partial charge in [0.1, 0.15) is 5.75 Å². The summed E-state index contributed by atoms with van der Waals surface area (Å²) in [4.78, 5) is 11.9. The molecule has 0 aromatic heterocycles. The van der Waals surface area contributed by atoms with Gasteiger partial charge in [0.2, 0.25) is 0 Å². The standard InChI is InChI=1S/C16H19BrO3/c1-20-14-5-4-13(17)7-11(14)9-16(15(18)19)8-10-2-3-12(16)6-10/h4-5,7,10,12H,2-3,6,8-9H2,1H3,(H,18,19). The van der Waals surface area contributed by atoms with Crippen molar-refractivity contribution < 1.29 is 14.6 Å². The van der Waals surface area contributed by atoms with Crippen LogP contribution in [0.15, 0.2) is 22.7 Å². The van der Waals surface area contributed by atoms with Crippen molar-refractivity contribution in [2.24, 2.45) is 17.3 Å². The van der Waals surface area contributed by atoms with Crippen LogP contribution in [0.5, 0.6) is 5.75 Å². The molecule has 0 aliphatic heterocycles. The summed E-state index contributed by atoms with van der Waals surface area (Å²) >= 11 is 3.47. The predicted octanol–water partition coefficient (Wildman–Crippen LogP) is 3.89. The molecule has 0 spiro atoms. The monoisotopic (exact) mass is 338 g/mol. The van der Waals surface area contributed by atoms with E-state index in [4.69, 9.17) is 4.74 Å². The van der Waals surface area contributed by atoms with E-state index < -0.39 is 11.4 Å². The smallest absolute Gasteiger partial charge is 0.310 e. The van der Waals surface area contributed by atoms with Gasteiger partial charge in [-0.2, -0.15) is 0 Å². The van der Waals surface area contributed by atoms with Gasteiger partial charge in [-0.25, -0.2) is 0 Å². The fourth-order valence-electron chi connectivity index (χ4n) is 4.22. The van der Waals surface area contributed by atoms with Gasteiger partial charge < -0.3 is 9.84 Å². The summed E-state index contributed by atoms with van der Waals surface area (Å²) in [5.41, 5.74) is 0.411. The van der Waals surface area contributed by atoms with Crippen molar-refractivity contribution >= 4 is 21.9 Å². The zero-order chi connectivity index (χ0) is 14.3. The number of methoxy groups -OCH3 is 1. The van der Waals surface area contributed by atoms with Gasteiger partial charge in [0.05, 0.1) is 12.5 Å². The van der Waals surface area contributed by atoms with E-state index in [1.165, 1.54) is 6.42 Å². The van der Waals surface area contributed by atoms with Crippen molar-refractivity contribution in [2.75, 3.05) is 7.11 Å². The molecule has 1 aromatic carbocycles. The van der Waals surface area contributed by atoms with Crippen LogP contribution >= 0.6 is 15.9 Å². The molecule has 3 unspecified atom stereocenters. The molecule has 4 heteroatoms. The van der Waals surface area contributed by atoms with Crippen LogP contribution in [-0.4, -0.2) is 18.2 Å². The van der Waals surface area contributed by atoms with Gasteiger partial charge in [-0.1, -0.05) is 22.4 Å². The van der Waals surface area contributed by atoms with E-state index in [1.807, 2.05) is 18.2 Å². The van der Waals surface area contributed by atoms with Crippen molar-refractivity contribution in [3.63, 3.8) is 0 Å². The van der Waals surface area contributed by atoms with Crippen LogP contribution in [0.4, 0.5) is 0 Å². The first-order valence-electron chi connectivity index (χ1n) is 7.11. The average Bonchev–Trinajstić information content (AvgIpc) is 3.00. The Morgan fingerprint density at radius 1 is 1.50 bits per heavy atom. The van der Waals surface area contributed by atoms with Crippen LogP contribution in [0.25, 0.3) is 0 Å². The first-order chi connectivity index (χ1) is 9.55. The molecule has 20 heavy (non-hydrogen) atoms. The largest absolute Gasteiger partial charge is 0.496 e. The molecule has 0 radical (unpaired) electrons. The Hall–Kier alpha value is -1.03. The molecule has 108 valence electrons. The second-order valence-corrected chi connectivity index (χ2v) is 7.09. The molecule has 2 fully saturated rings. The number of halogens is 1. The fraction of sp³-hybridized carbons (Fsp3) is 0.562. The summed E-state index contributed by atoms with van der Waals surface area (Å²) in [5, 5.41) is 9.83. The van der Waals surface area contributed by atoms with Gasteiger partial charge in [-0.05, 0) is 61.3 Å². The minimum absolute atomic E-state index is 0.327. The first kappa shape index (κ1) is 13.9. The van der Waals surface area contributed by atoms with Crippen LogP contribution in [0.1, 0.15) is 31.2 Å². The maximum atomic E-state index is 11.9. The number of fused-ring (bicyclic) bond motifs is 2. The highest BCUT2D eigenvalue weighted by Crippen LogP contribution is 2.58. The van der Waals surface area contributed by atoms with Gasteiger partial charge in [-0.15, -0.1) is 0 Å². The highest BCUT2D eigenvalue weighted by molar-refractivity contribution is 9.10. The van der Waals surface area contributed by atoms with Gasteiger partial charge >= 0.3 is 5.97 Å². The molecule has 3 atom stereocenters. The fourth-order valence-corrected chi connectivity index (χ4v) is 4.63. The van der Waals surface area contributed by atoms with Crippen molar-refractivity contribution in [1.29, 1.82) is 0 Å². The number of carboxylic acids is 1. The van der Waals surface area contributed by atoms with E-state index in [1.54, 1.807) is 7.11 Å². The number of hydrogen-bond acceptors (Lipinski definition) is 2. The molecule has 3 nitrogen and oxygen atoms in total. The van der Waals surface area contributed by atoms with Gasteiger partial charge in [-0.3, -0.25) is 4.79 Å². The molecule has 1 N–H and O–H groups in total. The molecule has 0 saturated heterocycles. The first-order valence-corrected chi connectivity index (χ1v) is 7.90. The van der Waals surface area contributed by atoms with E-state index >= 15 is 0 Å². The molecule has 3 rings (SSSR count). The third-order valence-corrected chi connectivity index (χ3v) is 5.64. The van der Waals surface area contributed by atoms with E-state index in [2.05, 4.69) is 15.9 Å². The van der Waals surface area contributed by atoms with Gasteiger partial charge in [0.25, 0.3) is 0 Å².